The summed E-state index contributed by atoms with van der Waals surface area (Å²) in [5.41, 5.74) is 4.06. The summed E-state index contributed by atoms with van der Waals surface area (Å²) in [5.74, 6) is 0.572. The minimum absolute atomic E-state index is 0.405. The minimum Gasteiger partial charge on any atom is -0.250 e. The lowest BCUT2D eigenvalue weighted by Gasteiger charge is -2.04. The molecule has 4 nitrogen and oxygen atoms in total. The lowest BCUT2D eigenvalue weighted by atomic mass is 10.0. The second-order valence-corrected chi connectivity index (χ2v) is 6.67. The molecule has 0 saturated heterocycles. The Balaban J connectivity index is 1.64. The predicted molar refractivity (Wildman–Crippen MR) is 113 cm³/mol. The van der Waals surface area contributed by atoms with E-state index in [1.54, 1.807) is 10.9 Å². The van der Waals surface area contributed by atoms with Crippen LogP contribution in [0.2, 0.25) is 5.02 Å². The molecular formula is C21H15ClN4S. The Bertz CT molecular complexity index is 1140. The Morgan fingerprint density at radius 3 is 2.30 bits per heavy atom. The van der Waals surface area contributed by atoms with Gasteiger partial charge in [-0.25, -0.2) is 5.10 Å². The second-order valence-electron chi connectivity index (χ2n) is 5.88. The monoisotopic (exact) mass is 390 g/mol. The van der Waals surface area contributed by atoms with E-state index < -0.39 is 0 Å². The van der Waals surface area contributed by atoms with Gasteiger partial charge in [0.25, 0.3) is 0 Å². The lowest BCUT2D eigenvalue weighted by Crippen LogP contribution is -1.95. The van der Waals surface area contributed by atoms with Gasteiger partial charge in [0.15, 0.2) is 5.82 Å². The molecule has 0 unspecified atom stereocenters. The summed E-state index contributed by atoms with van der Waals surface area (Å²) in [6.45, 7) is 0. The molecule has 6 heteroatoms. The Kier molecular flexibility index (Phi) is 4.96. The summed E-state index contributed by atoms with van der Waals surface area (Å²) in [5, 5.41) is 12.1. The largest absolute Gasteiger partial charge is 0.250 e. The van der Waals surface area contributed by atoms with Crippen LogP contribution in [-0.2, 0) is 0 Å². The molecule has 0 spiro atoms. The number of hydrogen-bond acceptors (Lipinski definition) is 3. The summed E-state index contributed by atoms with van der Waals surface area (Å²) < 4.78 is 1.98. The maximum atomic E-state index is 6.28. The molecule has 0 aliphatic rings. The SMILES string of the molecule is S=c1[nH]nc(-c2ccccc2Cl)n1/N=C/c1ccc(-c2ccccc2)cc1. The molecule has 0 aliphatic carbocycles. The molecule has 27 heavy (non-hydrogen) atoms. The minimum atomic E-state index is 0.405. The number of rotatable bonds is 4. The van der Waals surface area contributed by atoms with Gasteiger partial charge < -0.3 is 0 Å². The van der Waals surface area contributed by atoms with Crippen molar-refractivity contribution in [2.75, 3.05) is 0 Å². The standard InChI is InChI=1S/C21H15ClN4S/c22-19-9-5-4-8-18(19)20-24-25-21(27)26(20)23-14-15-10-12-17(13-11-15)16-6-2-1-3-7-16/h1-14H,(H,25,27)/b23-14+. The fourth-order valence-corrected chi connectivity index (χ4v) is 3.13. The first kappa shape index (κ1) is 17.4. The zero-order valence-corrected chi connectivity index (χ0v) is 15.8. The Hall–Kier alpha value is -3.02. The summed E-state index contributed by atoms with van der Waals surface area (Å²) >= 11 is 11.6. The summed E-state index contributed by atoms with van der Waals surface area (Å²) in [6, 6.07) is 25.9. The van der Waals surface area contributed by atoms with Gasteiger partial charge >= 0.3 is 0 Å². The highest BCUT2D eigenvalue weighted by Crippen LogP contribution is 2.26. The predicted octanol–water partition coefficient (Wildman–Crippen LogP) is 5.81. The maximum absolute atomic E-state index is 6.28. The van der Waals surface area contributed by atoms with Crippen molar-refractivity contribution in [3.8, 4) is 22.5 Å². The topological polar surface area (TPSA) is 46.0 Å². The normalized spacial score (nSPS) is 11.1. The van der Waals surface area contributed by atoms with Crippen LogP contribution in [0.3, 0.4) is 0 Å². The van der Waals surface area contributed by atoms with Gasteiger partial charge in [0.2, 0.25) is 4.77 Å². The maximum Gasteiger partial charge on any atom is 0.216 e. The van der Waals surface area contributed by atoms with Gasteiger partial charge in [-0.3, -0.25) is 0 Å². The van der Waals surface area contributed by atoms with Crippen LogP contribution in [0, 0.1) is 4.77 Å². The number of halogens is 1. The molecule has 0 amide bonds. The van der Waals surface area contributed by atoms with Crippen molar-refractivity contribution in [1.82, 2.24) is 14.9 Å². The van der Waals surface area contributed by atoms with Crippen molar-refractivity contribution < 1.29 is 0 Å². The van der Waals surface area contributed by atoms with E-state index in [0.717, 1.165) is 16.7 Å². The van der Waals surface area contributed by atoms with E-state index in [1.807, 2.05) is 54.6 Å². The van der Waals surface area contributed by atoms with Crippen LogP contribution < -0.4 is 0 Å². The van der Waals surface area contributed by atoms with E-state index in [0.29, 0.717) is 15.6 Å². The average Bonchev–Trinajstić information content (AvgIpc) is 3.08. The summed E-state index contributed by atoms with van der Waals surface area (Å²) in [6.07, 6.45) is 1.75. The van der Waals surface area contributed by atoms with E-state index in [9.17, 15) is 0 Å². The molecule has 132 valence electrons. The Morgan fingerprint density at radius 1 is 0.889 bits per heavy atom. The Labute approximate surface area is 166 Å². The van der Waals surface area contributed by atoms with E-state index in [-0.39, 0.29) is 0 Å². The van der Waals surface area contributed by atoms with Gasteiger partial charge in [0, 0.05) is 5.56 Å². The van der Waals surface area contributed by atoms with Gasteiger partial charge in [-0.15, -0.1) is 0 Å². The summed E-state index contributed by atoms with van der Waals surface area (Å²) in [4.78, 5) is 0. The van der Waals surface area contributed by atoms with Crippen molar-refractivity contribution in [3.63, 3.8) is 0 Å². The fourth-order valence-electron chi connectivity index (χ4n) is 2.73. The molecule has 3 aromatic carbocycles. The van der Waals surface area contributed by atoms with Crippen LogP contribution in [0.1, 0.15) is 5.56 Å². The van der Waals surface area contributed by atoms with Crippen LogP contribution >= 0.6 is 23.8 Å². The van der Waals surface area contributed by atoms with Crippen LogP contribution in [0.25, 0.3) is 22.5 Å². The number of hydrogen-bond donors (Lipinski definition) is 1. The van der Waals surface area contributed by atoms with Crippen molar-refractivity contribution in [2.45, 2.75) is 0 Å². The van der Waals surface area contributed by atoms with E-state index in [1.165, 1.54) is 5.56 Å². The zero-order chi connectivity index (χ0) is 18.6. The average molecular weight is 391 g/mol. The molecule has 0 saturated carbocycles. The lowest BCUT2D eigenvalue weighted by molar-refractivity contribution is 0.871. The molecular weight excluding hydrogens is 376 g/mol. The quantitative estimate of drug-likeness (QED) is 0.353. The highest BCUT2D eigenvalue weighted by molar-refractivity contribution is 7.71. The Morgan fingerprint density at radius 2 is 1.56 bits per heavy atom. The molecule has 0 atom stereocenters. The van der Waals surface area contributed by atoms with Crippen LogP contribution in [0.15, 0.2) is 84.0 Å². The van der Waals surface area contributed by atoms with Crippen molar-refractivity contribution in [1.29, 1.82) is 0 Å². The first-order valence-corrected chi connectivity index (χ1v) is 9.13. The van der Waals surface area contributed by atoms with Crippen molar-refractivity contribution in [2.24, 2.45) is 5.10 Å². The second kappa shape index (κ2) is 7.70. The highest BCUT2D eigenvalue weighted by atomic mass is 35.5. The van der Waals surface area contributed by atoms with E-state index in [2.05, 4.69) is 39.6 Å². The summed E-state index contributed by atoms with van der Waals surface area (Å²) in [7, 11) is 0. The molecule has 4 aromatic rings. The number of aromatic nitrogens is 3. The zero-order valence-electron chi connectivity index (χ0n) is 14.2. The van der Waals surface area contributed by atoms with Crippen molar-refractivity contribution in [3.05, 3.63) is 94.2 Å². The molecule has 0 bridgehead atoms. The van der Waals surface area contributed by atoms with Gasteiger partial charge in [0.05, 0.1) is 11.2 Å². The third-order valence-corrected chi connectivity index (χ3v) is 4.70. The molecule has 0 aliphatic heterocycles. The highest BCUT2D eigenvalue weighted by Gasteiger charge is 2.11. The van der Waals surface area contributed by atoms with Gasteiger partial charge in [-0.2, -0.15) is 14.9 Å². The van der Waals surface area contributed by atoms with Gasteiger partial charge in [0.1, 0.15) is 0 Å². The number of benzene rings is 3. The molecule has 1 aromatic heterocycles. The van der Waals surface area contributed by atoms with Crippen molar-refractivity contribution >= 4 is 30.0 Å². The van der Waals surface area contributed by atoms with Crippen LogP contribution in [0.4, 0.5) is 0 Å². The number of nitrogens with zero attached hydrogens (tertiary/aromatic N) is 3. The van der Waals surface area contributed by atoms with Gasteiger partial charge in [-0.1, -0.05) is 78.3 Å². The molecule has 0 radical (unpaired) electrons. The van der Waals surface area contributed by atoms with E-state index >= 15 is 0 Å². The van der Waals surface area contributed by atoms with Crippen LogP contribution in [0.5, 0.6) is 0 Å². The first-order valence-electron chi connectivity index (χ1n) is 8.34. The third kappa shape index (κ3) is 3.74. The number of aromatic amines is 1. The smallest absolute Gasteiger partial charge is 0.216 e. The van der Waals surface area contributed by atoms with E-state index in [4.69, 9.17) is 23.8 Å². The van der Waals surface area contributed by atoms with Gasteiger partial charge in [-0.05, 0) is 41.0 Å². The first-order chi connectivity index (χ1) is 13.2. The third-order valence-electron chi connectivity index (χ3n) is 4.11. The fraction of sp³-hybridized carbons (Fsp3) is 0. The molecule has 1 heterocycles. The number of H-pyrrole nitrogens is 1. The number of nitrogens with one attached hydrogen (secondary N) is 1. The molecule has 4 rings (SSSR count). The van der Waals surface area contributed by atoms with Crippen LogP contribution in [-0.4, -0.2) is 21.1 Å². The molecule has 0 fully saturated rings. The molecule has 1 N–H and O–H groups in total.